The van der Waals surface area contributed by atoms with Gasteiger partial charge >= 0.3 is 0 Å². The van der Waals surface area contributed by atoms with Crippen LogP contribution in [0, 0.1) is 0 Å². The first-order valence-corrected chi connectivity index (χ1v) is 5.99. The van der Waals surface area contributed by atoms with Crippen molar-refractivity contribution in [3.63, 3.8) is 0 Å². The van der Waals surface area contributed by atoms with Gasteiger partial charge < -0.3 is 10.1 Å². The molecule has 98 valence electrons. The van der Waals surface area contributed by atoms with Crippen LogP contribution in [0.25, 0.3) is 0 Å². The minimum Gasteiger partial charge on any atom is -0.497 e. The van der Waals surface area contributed by atoms with E-state index >= 15 is 0 Å². The van der Waals surface area contributed by atoms with Crippen molar-refractivity contribution in [2.24, 2.45) is 0 Å². The van der Waals surface area contributed by atoms with E-state index < -0.39 is 0 Å². The van der Waals surface area contributed by atoms with E-state index in [1.54, 1.807) is 31.4 Å². The molecule has 2 aromatic rings. The molecule has 0 unspecified atom stereocenters. The Balaban J connectivity index is 2.15. The molecule has 1 aromatic heterocycles. The van der Waals surface area contributed by atoms with Gasteiger partial charge in [0.05, 0.1) is 7.11 Å². The molecule has 7 heteroatoms. The lowest BCUT2D eigenvalue weighted by Gasteiger charge is -2.05. The lowest BCUT2D eigenvalue weighted by Crippen LogP contribution is -2.13. The number of hydrogen-bond acceptors (Lipinski definition) is 4. The van der Waals surface area contributed by atoms with Crippen LogP contribution in [0.1, 0.15) is 10.4 Å². The normalized spacial score (nSPS) is 10.1. The Morgan fingerprint density at radius 2 is 1.89 bits per heavy atom. The number of carbonyl (C=O) groups is 1. The van der Waals surface area contributed by atoms with Crippen LogP contribution in [-0.2, 0) is 0 Å². The highest BCUT2D eigenvalue weighted by Crippen LogP contribution is 2.16. The third kappa shape index (κ3) is 3.56. The minimum atomic E-state index is -0.325. The van der Waals surface area contributed by atoms with Gasteiger partial charge in [0.1, 0.15) is 16.7 Å². The molecule has 0 aliphatic rings. The van der Waals surface area contributed by atoms with Crippen LogP contribution in [0.15, 0.2) is 30.3 Å². The summed E-state index contributed by atoms with van der Waals surface area (Å²) in [4.78, 5) is 19.5. The number of ether oxygens (including phenoxy) is 1. The second-order valence-electron chi connectivity index (χ2n) is 3.53. The SMILES string of the molecule is COc1ccc(C(=O)Nc2cc(Cl)nc(Cl)n2)cc1. The van der Waals surface area contributed by atoms with Crippen molar-refractivity contribution in [3.05, 3.63) is 46.3 Å². The first kappa shape index (κ1) is 13.6. The van der Waals surface area contributed by atoms with Crippen molar-refractivity contribution in [2.45, 2.75) is 0 Å². The highest BCUT2D eigenvalue weighted by atomic mass is 35.5. The van der Waals surface area contributed by atoms with Gasteiger partial charge in [-0.05, 0) is 35.9 Å². The summed E-state index contributed by atoms with van der Waals surface area (Å²) in [6.45, 7) is 0. The summed E-state index contributed by atoms with van der Waals surface area (Å²) in [5.41, 5.74) is 0.464. The smallest absolute Gasteiger partial charge is 0.256 e. The first-order chi connectivity index (χ1) is 9.08. The van der Waals surface area contributed by atoms with Crippen molar-refractivity contribution in [3.8, 4) is 5.75 Å². The van der Waals surface area contributed by atoms with Crippen LogP contribution in [0.4, 0.5) is 5.82 Å². The number of nitrogens with one attached hydrogen (secondary N) is 1. The van der Waals surface area contributed by atoms with Gasteiger partial charge in [0.15, 0.2) is 0 Å². The monoisotopic (exact) mass is 297 g/mol. The fraction of sp³-hybridized carbons (Fsp3) is 0.0833. The second kappa shape index (κ2) is 5.86. The van der Waals surface area contributed by atoms with Gasteiger partial charge in [-0.3, -0.25) is 4.79 Å². The van der Waals surface area contributed by atoms with Crippen molar-refractivity contribution in [1.29, 1.82) is 0 Å². The molecule has 0 aliphatic carbocycles. The molecule has 1 amide bonds. The number of benzene rings is 1. The van der Waals surface area contributed by atoms with Gasteiger partial charge in [-0.2, -0.15) is 0 Å². The molecule has 0 saturated heterocycles. The summed E-state index contributed by atoms with van der Waals surface area (Å²) in [5.74, 6) is 0.587. The largest absolute Gasteiger partial charge is 0.497 e. The van der Waals surface area contributed by atoms with E-state index in [0.29, 0.717) is 11.3 Å². The lowest BCUT2D eigenvalue weighted by molar-refractivity contribution is 0.102. The van der Waals surface area contributed by atoms with Crippen LogP contribution in [-0.4, -0.2) is 23.0 Å². The minimum absolute atomic E-state index is 0.0301. The number of halogens is 2. The van der Waals surface area contributed by atoms with Crippen molar-refractivity contribution in [1.82, 2.24) is 9.97 Å². The van der Waals surface area contributed by atoms with Crippen molar-refractivity contribution < 1.29 is 9.53 Å². The molecular formula is C12H9Cl2N3O2. The van der Waals surface area contributed by atoms with Crippen LogP contribution < -0.4 is 10.1 Å². The summed E-state index contributed by atoms with van der Waals surface area (Å²) in [6.07, 6.45) is 0. The van der Waals surface area contributed by atoms with E-state index in [4.69, 9.17) is 27.9 Å². The molecule has 0 fully saturated rings. The number of amides is 1. The predicted octanol–water partition coefficient (Wildman–Crippen LogP) is 3.04. The number of hydrogen-bond donors (Lipinski definition) is 1. The number of methoxy groups -OCH3 is 1. The van der Waals surface area contributed by atoms with E-state index in [2.05, 4.69) is 15.3 Å². The van der Waals surface area contributed by atoms with Gasteiger partial charge in [0, 0.05) is 11.6 Å². The highest BCUT2D eigenvalue weighted by Gasteiger charge is 2.08. The molecule has 2 rings (SSSR count). The predicted molar refractivity (Wildman–Crippen MR) is 73.0 cm³/mol. The van der Waals surface area contributed by atoms with Gasteiger partial charge in [-0.15, -0.1) is 0 Å². The Bertz CT molecular complexity index is 582. The van der Waals surface area contributed by atoms with Gasteiger partial charge in [0.2, 0.25) is 5.28 Å². The number of rotatable bonds is 3. The molecule has 1 aromatic carbocycles. The summed E-state index contributed by atoms with van der Waals surface area (Å²) < 4.78 is 5.01. The van der Waals surface area contributed by atoms with Crippen molar-refractivity contribution in [2.75, 3.05) is 12.4 Å². The summed E-state index contributed by atoms with van der Waals surface area (Å²) in [5, 5.41) is 2.70. The van der Waals surface area contributed by atoms with Gasteiger partial charge in [-0.25, -0.2) is 9.97 Å². The van der Waals surface area contributed by atoms with E-state index in [-0.39, 0.29) is 22.2 Å². The zero-order valence-corrected chi connectivity index (χ0v) is 11.4. The van der Waals surface area contributed by atoms with E-state index in [1.165, 1.54) is 6.07 Å². The zero-order valence-electron chi connectivity index (χ0n) is 9.85. The molecule has 5 nitrogen and oxygen atoms in total. The van der Waals surface area contributed by atoms with Crippen molar-refractivity contribution >= 4 is 34.9 Å². The highest BCUT2D eigenvalue weighted by molar-refractivity contribution is 6.32. The second-order valence-corrected chi connectivity index (χ2v) is 4.25. The van der Waals surface area contributed by atoms with E-state index in [9.17, 15) is 4.79 Å². The Hall–Kier alpha value is -1.85. The summed E-state index contributed by atoms with van der Waals surface area (Å²) in [6, 6.07) is 8.07. The standard InChI is InChI=1S/C12H9Cl2N3O2/c1-19-8-4-2-7(3-5-8)11(18)16-10-6-9(13)15-12(14)17-10/h2-6H,1H3,(H,15,16,17,18). The molecular weight excluding hydrogens is 289 g/mol. The molecule has 1 N–H and O–H groups in total. The Morgan fingerprint density at radius 1 is 1.21 bits per heavy atom. The quantitative estimate of drug-likeness (QED) is 0.698. The summed E-state index contributed by atoms with van der Waals surface area (Å²) >= 11 is 11.4. The van der Waals surface area contributed by atoms with E-state index in [1.807, 2.05) is 0 Å². The molecule has 19 heavy (non-hydrogen) atoms. The lowest BCUT2D eigenvalue weighted by atomic mass is 10.2. The van der Waals surface area contributed by atoms with Crippen LogP contribution in [0.2, 0.25) is 10.4 Å². The average Bonchev–Trinajstić information content (AvgIpc) is 2.37. The Morgan fingerprint density at radius 3 is 2.47 bits per heavy atom. The molecule has 0 bridgehead atoms. The maximum Gasteiger partial charge on any atom is 0.256 e. The zero-order chi connectivity index (χ0) is 13.8. The third-order valence-corrected chi connectivity index (χ3v) is 2.62. The number of aromatic nitrogens is 2. The maximum atomic E-state index is 11.9. The fourth-order valence-corrected chi connectivity index (χ4v) is 1.79. The van der Waals surface area contributed by atoms with Crippen LogP contribution in [0.5, 0.6) is 5.75 Å². The Labute approximate surface area is 119 Å². The third-order valence-electron chi connectivity index (χ3n) is 2.26. The molecule has 0 aliphatic heterocycles. The van der Waals surface area contributed by atoms with E-state index in [0.717, 1.165) is 0 Å². The topological polar surface area (TPSA) is 64.1 Å². The van der Waals surface area contributed by atoms with Gasteiger partial charge in [-0.1, -0.05) is 11.6 Å². The molecule has 1 heterocycles. The number of carbonyl (C=O) groups excluding carboxylic acids is 1. The first-order valence-electron chi connectivity index (χ1n) is 5.24. The molecule has 0 spiro atoms. The molecule has 0 radical (unpaired) electrons. The summed E-state index contributed by atoms with van der Waals surface area (Å²) in [7, 11) is 1.56. The molecule has 0 saturated carbocycles. The maximum absolute atomic E-state index is 11.9. The van der Waals surface area contributed by atoms with Gasteiger partial charge in [0.25, 0.3) is 5.91 Å². The Kier molecular flexibility index (Phi) is 4.19. The average molecular weight is 298 g/mol. The number of nitrogens with zero attached hydrogens (tertiary/aromatic N) is 2. The fourth-order valence-electron chi connectivity index (χ4n) is 1.38. The van der Waals surface area contributed by atoms with Crippen LogP contribution >= 0.6 is 23.2 Å². The number of anilines is 1. The molecule has 0 atom stereocenters. The van der Waals surface area contributed by atoms with Crippen LogP contribution in [0.3, 0.4) is 0 Å².